The van der Waals surface area contributed by atoms with E-state index in [2.05, 4.69) is 4.98 Å². The first-order chi connectivity index (χ1) is 14.1. The molecule has 29 heavy (non-hydrogen) atoms. The molecule has 0 radical (unpaired) electrons. The van der Waals surface area contributed by atoms with Gasteiger partial charge in [-0.05, 0) is 43.0 Å². The second kappa shape index (κ2) is 8.84. The van der Waals surface area contributed by atoms with Crippen LogP contribution < -0.4 is 0 Å². The van der Waals surface area contributed by atoms with Crippen LogP contribution in [0.3, 0.4) is 0 Å². The third-order valence-electron chi connectivity index (χ3n) is 4.97. The van der Waals surface area contributed by atoms with Gasteiger partial charge in [0, 0.05) is 19.7 Å². The number of halogens is 1. The fourth-order valence-corrected chi connectivity index (χ4v) is 4.53. The van der Waals surface area contributed by atoms with Crippen molar-refractivity contribution in [3.63, 3.8) is 0 Å². The van der Waals surface area contributed by atoms with Crippen LogP contribution in [0.2, 0.25) is 0 Å². The summed E-state index contributed by atoms with van der Waals surface area (Å²) in [6.45, 7) is 3.42. The van der Waals surface area contributed by atoms with Crippen molar-refractivity contribution in [1.82, 2.24) is 9.88 Å². The van der Waals surface area contributed by atoms with Gasteiger partial charge in [-0.2, -0.15) is 0 Å². The number of carbonyl (C=O) groups excluding carboxylic acids is 1. The second-order valence-corrected chi connectivity index (χ2v) is 8.43. The van der Waals surface area contributed by atoms with Crippen molar-refractivity contribution in [2.45, 2.75) is 32.4 Å². The molecule has 6 heteroatoms. The van der Waals surface area contributed by atoms with Gasteiger partial charge in [-0.15, -0.1) is 11.3 Å². The molecule has 1 aromatic heterocycles. The Bertz CT molecular complexity index is 984. The Labute approximate surface area is 174 Å². The zero-order chi connectivity index (χ0) is 20.2. The topological polar surface area (TPSA) is 42.4 Å². The number of nitrogens with zero attached hydrogens (tertiary/aromatic N) is 2. The monoisotopic (exact) mass is 410 g/mol. The van der Waals surface area contributed by atoms with Gasteiger partial charge < -0.3 is 9.64 Å². The highest BCUT2D eigenvalue weighted by Crippen LogP contribution is 2.31. The number of hydrogen-bond acceptors (Lipinski definition) is 4. The molecule has 0 N–H and O–H groups in total. The van der Waals surface area contributed by atoms with Crippen LogP contribution >= 0.6 is 11.3 Å². The molecule has 1 unspecified atom stereocenters. The molecule has 0 bridgehead atoms. The molecule has 1 saturated heterocycles. The maximum absolute atomic E-state index is 13.7. The fraction of sp³-hybridized carbons (Fsp3) is 0.304. The van der Waals surface area contributed by atoms with Gasteiger partial charge in [-0.3, -0.25) is 4.79 Å². The van der Waals surface area contributed by atoms with Gasteiger partial charge in [0.05, 0.1) is 16.0 Å². The number of thiazole rings is 1. The average Bonchev–Trinajstić information content (AvgIpc) is 3.37. The van der Waals surface area contributed by atoms with Crippen molar-refractivity contribution < 1.29 is 13.9 Å². The van der Waals surface area contributed by atoms with E-state index in [0.29, 0.717) is 18.8 Å². The fourth-order valence-electron chi connectivity index (χ4n) is 3.62. The van der Waals surface area contributed by atoms with E-state index in [1.807, 2.05) is 43.3 Å². The molecule has 3 aromatic rings. The minimum atomic E-state index is -0.304. The van der Waals surface area contributed by atoms with Gasteiger partial charge >= 0.3 is 0 Å². The summed E-state index contributed by atoms with van der Waals surface area (Å²) in [5.41, 5.74) is 2.18. The molecule has 0 aliphatic carbocycles. The van der Waals surface area contributed by atoms with Crippen molar-refractivity contribution in [3.05, 3.63) is 76.7 Å². The van der Waals surface area contributed by atoms with Crippen molar-refractivity contribution in [2.75, 3.05) is 13.2 Å². The van der Waals surface area contributed by atoms with Crippen molar-refractivity contribution >= 4 is 17.2 Å². The van der Waals surface area contributed by atoms with E-state index >= 15 is 0 Å². The molecular weight excluding hydrogens is 387 g/mol. The summed E-state index contributed by atoms with van der Waals surface area (Å²) < 4.78 is 19.5. The molecule has 4 nitrogen and oxygen atoms in total. The number of hydrogen-bond donors (Lipinski definition) is 0. The third kappa shape index (κ3) is 4.71. The van der Waals surface area contributed by atoms with Crippen LogP contribution in [-0.2, 0) is 11.3 Å². The van der Waals surface area contributed by atoms with Crippen LogP contribution in [0.4, 0.5) is 4.39 Å². The lowest BCUT2D eigenvalue weighted by Crippen LogP contribution is -2.37. The van der Waals surface area contributed by atoms with Crippen molar-refractivity contribution in [2.24, 2.45) is 0 Å². The van der Waals surface area contributed by atoms with Crippen LogP contribution in [0, 0.1) is 12.7 Å². The molecular formula is C23H23FN2O2S. The Hall–Kier alpha value is -2.57. The third-order valence-corrected chi connectivity index (χ3v) is 5.99. The largest absolute Gasteiger partial charge is 0.376 e. The van der Waals surface area contributed by atoms with Crippen molar-refractivity contribution in [3.8, 4) is 10.4 Å². The van der Waals surface area contributed by atoms with Gasteiger partial charge in [0.1, 0.15) is 11.5 Å². The van der Waals surface area contributed by atoms with E-state index in [1.54, 1.807) is 11.0 Å². The minimum Gasteiger partial charge on any atom is -0.376 e. The van der Waals surface area contributed by atoms with Crippen LogP contribution in [0.15, 0.2) is 54.6 Å². The van der Waals surface area contributed by atoms with Crippen LogP contribution in [0.5, 0.6) is 0 Å². The molecule has 2 heterocycles. The van der Waals surface area contributed by atoms with E-state index in [0.717, 1.165) is 40.5 Å². The first kappa shape index (κ1) is 19.7. The molecule has 2 aromatic carbocycles. The maximum atomic E-state index is 13.7. The Morgan fingerprint density at radius 2 is 2.07 bits per heavy atom. The number of carbonyl (C=O) groups is 1. The zero-order valence-corrected chi connectivity index (χ0v) is 17.1. The summed E-state index contributed by atoms with van der Waals surface area (Å²) in [5, 5.41) is 0.843. The lowest BCUT2D eigenvalue weighted by molar-refractivity contribution is 0.0503. The lowest BCUT2D eigenvalue weighted by atomic mass is 10.1. The smallest absolute Gasteiger partial charge is 0.274 e. The van der Waals surface area contributed by atoms with Crippen LogP contribution in [-0.4, -0.2) is 35.0 Å². The van der Waals surface area contributed by atoms with Gasteiger partial charge in [-0.25, -0.2) is 9.37 Å². The zero-order valence-electron chi connectivity index (χ0n) is 16.3. The molecule has 1 atom stereocenters. The first-order valence-electron chi connectivity index (χ1n) is 9.78. The Morgan fingerprint density at radius 3 is 2.79 bits per heavy atom. The summed E-state index contributed by atoms with van der Waals surface area (Å²) in [6, 6.07) is 16.2. The Kier molecular flexibility index (Phi) is 6.02. The number of aromatic nitrogens is 1. The number of ether oxygens (including phenoxy) is 1. The van der Waals surface area contributed by atoms with Gasteiger partial charge in [-0.1, -0.05) is 42.5 Å². The SMILES string of the molecule is Cc1nc(C(=O)N(Cc2cccc(F)c2)CC2CCCO2)c(-c2ccccc2)s1. The highest BCUT2D eigenvalue weighted by atomic mass is 32.1. The van der Waals surface area contributed by atoms with E-state index in [9.17, 15) is 9.18 Å². The minimum absolute atomic E-state index is 0.00687. The highest BCUT2D eigenvalue weighted by Gasteiger charge is 2.27. The summed E-state index contributed by atoms with van der Waals surface area (Å²) in [6.07, 6.45) is 1.93. The molecule has 1 amide bonds. The predicted molar refractivity (Wildman–Crippen MR) is 112 cm³/mol. The summed E-state index contributed by atoms with van der Waals surface area (Å²) in [5.74, 6) is -0.450. The number of aryl methyl sites for hydroxylation is 1. The molecule has 1 aliphatic heterocycles. The van der Waals surface area contributed by atoms with E-state index in [1.165, 1.54) is 23.5 Å². The maximum Gasteiger partial charge on any atom is 0.274 e. The van der Waals surface area contributed by atoms with Crippen LogP contribution in [0.25, 0.3) is 10.4 Å². The molecule has 0 saturated carbocycles. The molecule has 4 rings (SSSR count). The second-order valence-electron chi connectivity index (χ2n) is 7.23. The summed E-state index contributed by atoms with van der Waals surface area (Å²) >= 11 is 1.51. The number of benzene rings is 2. The van der Waals surface area contributed by atoms with Gasteiger partial charge in [0.25, 0.3) is 5.91 Å². The highest BCUT2D eigenvalue weighted by molar-refractivity contribution is 7.15. The van der Waals surface area contributed by atoms with Crippen LogP contribution in [0.1, 0.15) is 33.9 Å². The van der Waals surface area contributed by atoms with Gasteiger partial charge in [0.15, 0.2) is 0 Å². The lowest BCUT2D eigenvalue weighted by Gasteiger charge is -2.25. The first-order valence-corrected chi connectivity index (χ1v) is 10.6. The Morgan fingerprint density at radius 1 is 1.24 bits per heavy atom. The number of rotatable bonds is 6. The summed E-state index contributed by atoms with van der Waals surface area (Å²) in [7, 11) is 0. The van der Waals surface area contributed by atoms with E-state index < -0.39 is 0 Å². The van der Waals surface area contributed by atoms with E-state index in [4.69, 9.17) is 4.74 Å². The number of amides is 1. The average molecular weight is 411 g/mol. The molecule has 150 valence electrons. The van der Waals surface area contributed by atoms with Crippen molar-refractivity contribution in [1.29, 1.82) is 0 Å². The Balaban J connectivity index is 1.66. The quantitative estimate of drug-likeness (QED) is 0.569. The molecule has 0 spiro atoms. The summed E-state index contributed by atoms with van der Waals surface area (Å²) in [4.78, 5) is 20.7. The normalized spacial score (nSPS) is 16.1. The predicted octanol–water partition coefficient (Wildman–Crippen LogP) is 5.08. The standard InChI is InChI=1S/C23H23FN2O2S/c1-16-25-21(22(29-16)18-8-3-2-4-9-18)23(27)26(15-20-11-6-12-28-20)14-17-7-5-10-19(24)13-17/h2-5,7-10,13,20H,6,11-12,14-15H2,1H3. The molecule has 1 aliphatic rings. The van der Waals surface area contributed by atoms with Gasteiger partial charge in [0.2, 0.25) is 0 Å². The molecule has 1 fully saturated rings. The van der Waals surface area contributed by atoms with E-state index in [-0.39, 0.29) is 17.8 Å².